The molecule has 1 amide bonds. The van der Waals surface area contributed by atoms with E-state index < -0.39 is 0 Å². The van der Waals surface area contributed by atoms with E-state index in [4.69, 9.17) is 4.74 Å². The lowest BCUT2D eigenvalue weighted by molar-refractivity contribution is 0.0948. The molecule has 158 valence electrons. The number of carbonyl (C=O) groups excluding carboxylic acids is 1. The fraction of sp³-hybridized carbons (Fsp3) is 0.296. The average Bonchev–Trinajstić information content (AvgIpc) is 3.31. The van der Waals surface area contributed by atoms with Crippen molar-refractivity contribution >= 4 is 22.4 Å². The second kappa shape index (κ2) is 8.56. The van der Waals surface area contributed by atoms with Gasteiger partial charge in [-0.15, -0.1) is 0 Å². The van der Waals surface area contributed by atoms with Gasteiger partial charge in [-0.1, -0.05) is 54.6 Å². The maximum atomic E-state index is 12.6. The first-order valence-corrected chi connectivity index (χ1v) is 11.1. The molecule has 0 saturated carbocycles. The van der Waals surface area contributed by atoms with Crippen LogP contribution < -0.4 is 10.6 Å². The Balaban J connectivity index is 1.45. The normalized spacial score (nSPS) is 21.4. The molecule has 4 heteroatoms. The van der Waals surface area contributed by atoms with E-state index in [1.807, 2.05) is 6.07 Å². The Labute approximate surface area is 183 Å². The Bertz CT molecular complexity index is 1130. The van der Waals surface area contributed by atoms with Crippen molar-refractivity contribution in [3.8, 4) is 0 Å². The summed E-state index contributed by atoms with van der Waals surface area (Å²) in [6.07, 6.45) is 6.47. The average molecular weight is 413 g/mol. The predicted molar refractivity (Wildman–Crippen MR) is 126 cm³/mol. The molecule has 2 aliphatic rings. The Morgan fingerprint density at radius 2 is 1.97 bits per heavy atom. The van der Waals surface area contributed by atoms with E-state index in [1.54, 1.807) is 7.11 Å². The molecule has 4 nitrogen and oxygen atoms in total. The number of carbonyl (C=O) groups is 1. The highest BCUT2D eigenvalue weighted by Gasteiger charge is 2.38. The van der Waals surface area contributed by atoms with Crippen LogP contribution in [-0.2, 0) is 4.74 Å². The van der Waals surface area contributed by atoms with Gasteiger partial charge < -0.3 is 15.4 Å². The summed E-state index contributed by atoms with van der Waals surface area (Å²) in [5.41, 5.74) is 4.42. The molecule has 0 aromatic heterocycles. The summed E-state index contributed by atoms with van der Waals surface area (Å²) in [4.78, 5) is 12.6. The van der Waals surface area contributed by atoms with E-state index in [9.17, 15) is 4.79 Å². The number of nitrogens with one attached hydrogen (secondary N) is 2. The molecular weight excluding hydrogens is 384 g/mol. The fourth-order valence-corrected chi connectivity index (χ4v) is 5.09. The summed E-state index contributed by atoms with van der Waals surface area (Å²) in [5, 5.41) is 9.39. The molecule has 1 aliphatic heterocycles. The molecule has 1 heterocycles. The zero-order valence-corrected chi connectivity index (χ0v) is 17.8. The highest BCUT2D eigenvalue weighted by atomic mass is 16.5. The quantitative estimate of drug-likeness (QED) is 0.419. The molecule has 0 fully saturated rings. The van der Waals surface area contributed by atoms with Gasteiger partial charge in [-0.05, 0) is 58.9 Å². The monoisotopic (exact) mass is 412 g/mol. The number of methoxy groups -OCH3 is 1. The van der Waals surface area contributed by atoms with Crippen molar-refractivity contribution in [3.05, 3.63) is 89.5 Å². The van der Waals surface area contributed by atoms with Crippen molar-refractivity contribution in [3.63, 3.8) is 0 Å². The largest absolute Gasteiger partial charge is 0.385 e. The number of benzene rings is 3. The van der Waals surface area contributed by atoms with Crippen molar-refractivity contribution < 1.29 is 9.53 Å². The number of hydrogen-bond donors (Lipinski definition) is 2. The number of rotatable bonds is 6. The highest BCUT2D eigenvalue weighted by Crippen LogP contribution is 2.50. The van der Waals surface area contributed by atoms with Gasteiger partial charge in [0.2, 0.25) is 0 Å². The van der Waals surface area contributed by atoms with Gasteiger partial charge in [0.05, 0.1) is 6.04 Å². The summed E-state index contributed by atoms with van der Waals surface area (Å²) < 4.78 is 5.06. The Morgan fingerprint density at radius 3 is 2.87 bits per heavy atom. The lowest BCUT2D eigenvalue weighted by Gasteiger charge is -2.38. The minimum absolute atomic E-state index is 0.0198. The van der Waals surface area contributed by atoms with E-state index in [1.165, 1.54) is 21.9 Å². The molecule has 3 unspecified atom stereocenters. The summed E-state index contributed by atoms with van der Waals surface area (Å²) in [6.45, 7) is 1.27. The molecule has 2 N–H and O–H groups in total. The van der Waals surface area contributed by atoms with Crippen molar-refractivity contribution in [1.82, 2.24) is 5.32 Å². The zero-order valence-electron chi connectivity index (χ0n) is 17.8. The van der Waals surface area contributed by atoms with Crippen LogP contribution in [0.5, 0.6) is 0 Å². The van der Waals surface area contributed by atoms with Crippen molar-refractivity contribution in [1.29, 1.82) is 0 Å². The second-order valence-corrected chi connectivity index (χ2v) is 8.45. The van der Waals surface area contributed by atoms with Crippen LogP contribution in [0.4, 0.5) is 5.69 Å². The summed E-state index contributed by atoms with van der Waals surface area (Å²) >= 11 is 0. The van der Waals surface area contributed by atoms with Gasteiger partial charge in [-0.25, -0.2) is 0 Å². The summed E-state index contributed by atoms with van der Waals surface area (Å²) in [7, 11) is 1.68. The molecule has 1 aliphatic carbocycles. The number of amides is 1. The summed E-state index contributed by atoms with van der Waals surface area (Å²) in [5.74, 6) is 0.744. The van der Waals surface area contributed by atoms with Crippen LogP contribution in [0.3, 0.4) is 0 Å². The Hall–Kier alpha value is -3.11. The minimum Gasteiger partial charge on any atom is -0.385 e. The molecule has 5 rings (SSSR count). The topological polar surface area (TPSA) is 50.4 Å². The van der Waals surface area contributed by atoms with Crippen molar-refractivity contribution in [2.24, 2.45) is 5.92 Å². The van der Waals surface area contributed by atoms with Gasteiger partial charge in [0.1, 0.15) is 0 Å². The second-order valence-electron chi connectivity index (χ2n) is 8.45. The molecule has 0 radical (unpaired) electrons. The first-order chi connectivity index (χ1) is 15.3. The van der Waals surface area contributed by atoms with Gasteiger partial charge in [-0.2, -0.15) is 0 Å². The Kier molecular flexibility index (Phi) is 5.47. The lowest BCUT2D eigenvalue weighted by Crippen LogP contribution is -2.30. The lowest BCUT2D eigenvalue weighted by atomic mass is 9.76. The van der Waals surface area contributed by atoms with Gasteiger partial charge in [-0.3, -0.25) is 4.79 Å². The van der Waals surface area contributed by atoms with Crippen LogP contribution in [0.15, 0.2) is 72.8 Å². The number of hydrogen-bond acceptors (Lipinski definition) is 3. The fourth-order valence-electron chi connectivity index (χ4n) is 5.09. The molecule has 3 atom stereocenters. The summed E-state index contributed by atoms with van der Waals surface area (Å²) in [6, 6.07) is 21.5. The van der Waals surface area contributed by atoms with Crippen molar-refractivity contribution in [2.45, 2.75) is 24.8 Å². The van der Waals surface area contributed by atoms with Crippen LogP contribution in [0.1, 0.15) is 46.3 Å². The van der Waals surface area contributed by atoms with Gasteiger partial charge >= 0.3 is 0 Å². The van der Waals surface area contributed by atoms with Crippen LogP contribution in [0, 0.1) is 5.92 Å². The van der Waals surface area contributed by atoms with Gasteiger partial charge in [0.25, 0.3) is 5.91 Å². The molecule has 0 bridgehead atoms. The van der Waals surface area contributed by atoms with Crippen LogP contribution in [0.2, 0.25) is 0 Å². The first-order valence-electron chi connectivity index (χ1n) is 11.1. The van der Waals surface area contributed by atoms with Crippen LogP contribution in [0.25, 0.3) is 10.8 Å². The third-order valence-corrected chi connectivity index (χ3v) is 6.59. The molecular formula is C27H28N2O2. The number of ether oxygens (including phenoxy) is 1. The van der Waals surface area contributed by atoms with E-state index in [-0.39, 0.29) is 11.9 Å². The smallest absolute Gasteiger partial charge is 0.251 e. The van der Waals surface area contributed by atoms with Gasteiger partial charge in [0.15, 0.2) is 0 Å². The molecule has 31 heavy (non-hydrogen) atoms. The number of allylic oxidation sites excluding steroid dienone is 2. The van der Waals surface area contributed by atoms with Crippen LogP contribution >= 0.6 is 0 Å². The maximum absolute atomic E-state index is 12.6. The minimum atomic E-state index is -0.0198. The third kappa shape index (κ3) is 3.72. The molecule has 0 spiro atoms. The van der Waals surface area contributed by atoms with E-state index in [0.717, 1.165) is 24.1 Å². The van der Waals surface area contributed by atoms with Crippen LogP contribution in [-0.4, -0.2) is 26.2 Å². The van der Waals surface area contributed by atoms with E-state index >= 15 is 0 Å². The highest BCUT2D eigenvalue weighted by molar-refractivity contribution is 5.95. The third-order valence-electron chi connectivity index (χ3n) is 6.59. The maximum Gasteiger partial charge on any atom is 0.251 e. The number of fused-ring (bicyclic) bond motifs is 4. The molecule has 0 saturated heterocycles. The number of anilines is 1. The van der Waals surface area contributed by atoms with Crippen molar-refractivity contribution in [2.75, 3.05) is 25.6 Å². The zero-order chi connectivity index (χ0) is 21.2. The SMILES string of the molecule is COCCCNC(=O)c1ccc2c(c1)C1C=CCC1C(c1cccc3ccccc13)N2. The van der Waals surface area contributed by atoms with E-state index in [2.05, 4.69) is 77.4 Å². The molecule has 3 aromatic rings. The van der Waals surface area contributed by atoms with E-state index in [0.29, 0.717) is 25.0 Å². The Morgan fingerprint density at radius 1 is 1.10 bits per heavy atom. The predicted octanol–water partition coefficient (Wildman–Crippen LogP) is 5.43. The van der Waals surface area contributed by atoms with Gasteiger partial charge in [0, 0.05) is 37.4 Å². The molecule has 3 aromatic carbocycles. The standard InChI is InChI=1S/C27H28N2O2/c1-31-16-6-15-28-27(30)19-13-14-25-24(17-19)21-10-5-12-23(21)26(29-25)22-11-4-8-18-7-2-3-9-20(18)22/h2-5,7-11,13-14,17,21,23,26,29H,6,12,15-16H2,1H3,(H,28,30). The first kappa shape index (κ1) is 19.8.